The van der Waals surface area contributed by atoms with Crippen LogP contribution in [0, 0.1) is 0 Å². The summed E-state index contributed by atoms with van der Waals surface area (Å²) in [6.45, 7) is 0. The van der Waals surface area contributed by atoms with E-state index in [-0.39, 0.29) is 17.1 Å². The molecule has 2 aromatic rings. The smallest absolute Gasteiger partial charge is 0.416 e. The largest absolute Gasteiger partial charge is 0.468 e. The Morgan fingerprint density at radius 2 is 1.86 bits per heavy atom. The van der Waals surface area contributed by atoms with Gasteiger partial charge >= 0.3 is 6.18 Å². The maximum absolute atomic E-state index is 13.3. The molecule has 144 valence electrons. The summed E-state index contributed by atoms with van der Waals surface area (Å²) >= 11 is 0. The summed E-state index contributed by atoms with van der Waals surface area (Å²) in [5.41, 5.74) is -2.65. The lowest BCUT2D eigenvalue weighted by atomic mass is 9.91. The second kappa shape index (κ2) is 7.25. The molecule has 0 amide bonds. The fourth-order valence-corrected chi connectivity index (χ4v) is 2.92. The van der Waals surface area contributed by atoms with Crippen molar-refractivity contribution >= 4 is 17.3 Å². The number of hydrogen-bond donors (Lipinski definition) is 1. The standard InChI is InChI=1S/C20H14F3NO4/c1-27-18-16(13-6-5-9-15(12-13)20(21,22)23)17(26)19(28-18,24-10-11-25)14-7-3-2-4-8-14/h2-10,12,24H,1H3. The number of alkyl halides is 3. The van der Waals surface area contributed by atoms with E-state index in [1.807, 2.05) is 0 Å². The first-order valence-corrected chi connectivity index (χ1v) is 8.06. The average molecular weight is 389 g/mol. The van der Waals surface area contributed by atoms with Crippen molar-refractivity contribution in [3.05, 3.63) is 83.4 Å². The van der Waals surface area contributed by atoms with E-state index >= 15 is 0 Å². The van der Waals surface area contributed by atoms with Gasteiger partial charge in [0, 0.05) is 5.56 Å². The SMILES string of the molecule is COC1=C(c2cccc(C(F)(F)F)c2)C(=O)C(NC=C=O)(c2ccccc2)O1. The van der Waals surface area contributed by atoms with Gasteiger partial charge in [-0.15, -0.1) is 0 Å². The number of ether oxygens (including phenoxy) is 2. The van der Waals surface area contributed by atoms with Crippen LogP contribution < -0.4 is 5.32 Å². The summed E-state index contributed by atoms with van der Waals surface area (Å²) < 4.78 is 50.1. The highest BCUT2D eigenvalue weighted by atomic mass is 19.4. The number of Topliss-reactive ketones (excluding diaryl/α,β-unsaturated/α-hetero) is 1. The van der Waals surface area contributed by atoms with Gasteiger partial charge in [0.1, 0.15) is 11.5 Å². The van der Waals surface area contributed by atoms with Crippen LogP contribution in [0.2, 0.25) is 0 Å². The predicted molar refractivity (Wildman–Crippen MR) is 93.0 cm³/mol. The molecule has 1 aliphatic rings. The third-order valence-electron chi connectivity index (χ3n) is 4.18. The van der Waals surface area contributed by atoms with E-state index in [4.69, 9.17) is 9.47 Å². The molecule has 1 N–H and O–H groups in total. The number of hydrogen-bond acceptors (Lipinski definition) is 5. The number of rotatable bonds is 5. The molecule has 2 aromatic carbocycles. The third kappa shape index (κ3) is 3.25. The Morgan fingerprint density at radius 1 is 1.14 bits per heavy atom. The van der Waals surface area contributed by atoms with Gasteiger partial charge in [-0.3, -0.25) is 4.79 Å². The second-order valence-corrected chi connectivity index (χ2v) is 5.83. The molecule has 0 fully saturated rings. The first-order valence-electron chi connectivity index (χ1n) is 8.06. The highest BCUT2D eigenvalue weighted by Gasteiger charge is 2.52. The molecule has 0 saturated heterocycles. The Labute approximate surface area is 158 Å². The van der Waals surface area contributed by atoms with Gasteiger partial charge in [-0.2, -0.15) is 13.2 Å². The first-order chi connectivity index (χ1) is 13.3. The van der Waals surface area contributed by atoms with Crippen molar-refractivity contribution in [1.82, 2.24) is 5.32 Å². The van der Waals surface area contributed by atoms with Crippen LogP contribution >= 0.6 is 0 Å². The molecule has 1 heterocycles. The lowest BCUT2D eigenvalue weighted by Gasteiger charge is -2.27. The highest BCUT2D eigenvalue weighted by Crippen LogP contribution is 2.42. The molecule has 1 unspecified atom stereocenters. The minimum atomic E-state index is -4.58. The molecule has 0 spiro atoms. The van der Waals surface area contributed by atoms with Crippen molar-refractivity contribution < 1.29 is 32.2 Å². The number of nitrogens with one attached hydrogen (secondary N) is 1. The van der Waals surface area contributed by atoms with Crippen molar-refractivity contribution in [2.45, 2.75) is 11.9 Å². The normalized spacial score (nSPS) is 19.1. The maximum atomic E-state index is 13.3. The van der Waals surface area contributed by atoms with Gasteiger partial charge in [0.15, 0.2) is 0 Å². The van der Waals surface area contributed by atoms with E-state index in [0.717, 1.165) is 18.3 Å². The molecule has 5 nitrogen and oxygen atoms in total. The minimum Gasteiger partial charge on any atom is -0.468 e. The summed E-state index contributed by atoms with van der Waals surface area (Å²) in [5.74, 6) is 0.529. The summed E-state index contributed by atoms with van der Waals surface area (Å²) in [6.07, 6.45) is -3.73. The van der Waals surface area contributed by atoms with Crippen molar-refractivity contribution in [2.75, 3.05) is 7.11 Å². The van der Waals surface area contributed by atoms with E-state index < -0.39 is 23.2 Å². The molecule has 1 atom stereocenters. The summed E-state index contributed by atoms with van der Waals surface area (Å²) in [4.78, 5) is 24.0. The third-order valence-corrected chi connectivity index (χ3v) is 4.18. The van der Waals surface area contributed by atoms with Gasteiger partial charge in [0.2, 0.25) is 5.78 Å². The number of methoxy groups -OCH3 is 1. The molecule has 1 aliphatic heterocycles. The zero-order valence-corrected chi connectivity index (χ0v) is 14.5. The molecule has 0 radical (unpaired) electrons. The molecule has 0 saturated carbocycles. The monoisotopic (exact) mass is 389 g/mol. The molecular formula is C20H14F3NO4. The predicted octanol–water partition coefficient (Wildman–Crippen LogP) is 3.41. The fourth-order valence-electron chi connectivity index (χ4n) is 2.92. The van der Waals surface area contributed by atoms with E-state index in [0.29, 0.717) is 5.56 Å². The number of ketones is 1. The molecular weight excluding hydrogens is 375 g/mol. The molecule has 0 aliphatic carbocycles. The van der Waals surface area contributed by atoms with Crippen LogP contribution in [0.25, 0.3) is 5.57 Å². The zero-order valence-electron chi connectivity index (χ0n) is 14.5. The lowest BCUT2D eigenvalue weighted by molar-refractivity contribution is -0.138. The van der Waals surface area contributed by atoms with E-state index in [1.54, 1.807) is 30.3 Å². The Balaban J connectivity index is 2.15. The van der Waals surface area contributed by atoms with E-state index in [2.05, 4.69) is 5.32 Å². The minimum absolute atomic E-state index is 0.0219. The molecule has 0 aromatic heterocycles. The summed E-state index contributed by atoms with van der Waals surface area (Å²) in [6, 6.07) is 12.4. The van der Waals surface area contributed by atoms with Crippen LogP contribution in [-0.4, -0.2) is 18.8 Å². The Bertz CT molecular complexity index is 978. The van der Waals surface area contributed by atoms with Gasteiger partial charge in [-0.05, 0) is 17.7 Å². The Morgan fingerprint density at radius 3 is 2.46 bits per heavy atom. The van der Waals surface area contributed by atoms with Crippen molar-refractivity contribution in [1.29, 1.82) is 0 Å². The van der Waals surface area contributed by atoms with Gasteiger partial charge in [0.25, 0.3) is 11.7 Å². The van der Waals surface area contributed by atoms with Crippen molar-refractivity contribution in [3.8, 4) is 0 Å². The first kappa shape index (κ1) is 19.3. The fraction of sp³-hybridized carbons (Fsp3) is 0.150. The number of carbonyl (C=O) groups excluding carboxylic acids is 2. The van der Waals surface area contributed by atoms with Gasteiger partial charge in [-0.25, -0.2) is 4.79 Å². The van der Waals surface area contributed by atoms with Gasteiger partial charge in [0.05, 0.1) is 18.9 Å². The number of benzene rings is 2. The zero-order chi connectivity index (χ0) is 20.4. The van der Waals surface area contributed by atoms with Crippen molar-refractivity contribution in [2.24, 2.45) is 0 Å². The van der Waals surface area contributed by atoms with Crippen molar-refractivity contribution in [3.63, 3.8) is 0 Å². The molecule has 28 heavy (non-hydrogen) atoms. The summed E-state index contributed by atoms with van der Waals surface area (Å²) in [5, 5.41) is 2.56. The number of carbonyl (C=O) groups is 1. The Kier molecular flexibility index (Phi) is 4.98. The van der Waals surface area contributed by atoms with Crippen LogP contribution in [0.3, 0.4) is 0 Å². The molecule has 8 heteroatoms. The topological polar surface area (TPSA) is 64.6 Å². The van der Waals surface area contributed by atoms with E-state index in [1.165, 1.54) is 25.2 Å². The maximum Gasteiger partial charge on any atom is 0.416 e. The van der Waals surface area contributed by atoms with Crippen LogP contribution in [0.5, 0.6) is 0 Å². The van der Waals surface area contributed by atoms with Gasteiger partial charge < -0.3 is 14.8 Å². The van der Waals surface area contributed by atoms with Crippen LogP contribution in [0.4, 0.5) is 13.2 Å². The van der Waals surface area contributed by atoms with E-state index in [9.17, 15) is 22.8 Å². The second-order valence-electron chi connectivity index (χ2n) is 5.83. The van der Waals surface area contributed by atoms with Gasteiger partial charge in [-0.1, -0.05) is 42.5 Å². The van der Waals surface area contributed by atoms with Crippen LogP contribution in [0.1, 0.15) is 16.7 Å². The average Bonchev–Trinajstić information content (AvgIpc) is 2.99. The highest BCUT2D eigenvalue weighted by molar-refractivity contribution is 6.26. The quantitative estimate of drug-likeness (QED) is 0.794. The number of halogens is 3. The lowest BCUT2D eigenvalue weighted by Crippen LogP contribution is -2.46. The summed E-state index contributed by atoms with van der Waals surface area (Å²) in [7, 11) is 1.23. The molecule has 0 bridgehead atoms. The van der Waals surface area contributed by atoms with Crippen LogP contribution in [-0.2, 0) is 31.0 Å². The molecule has 3 rings (SSSR count). The Hall–Kier alpha value is -3.51. The van der Waals surface area contributed by atoms with Crippen LogP contribution in [0.15, 0.2) is 66.7 Å².